The molecule has 2 nitrogen and oxygen atoms in total. The topological polar surface area (TPSA) is 40.5 Å². The van der Waals surface area contributed by atoms with Crippen molar-refractivity contribution in [3.63, 3.8) is 0 Å². The molecule has 76 valence electrons. The first-order chi connectivity index (χ1) is 6.51. The van der Waals surface area contributed by atoms with Crippen LogP contribution in [0.5, 0.6) is 5.75 Å². The van der Waals surface area contributed by atoms with Crippen LogP contribution in [0, 0.1) is 0 Å². The molecule has 14 heavy (non-hydrogen) atoms. The van der Waals surface area contributed by atoms with Gasteiger partial charge in [0.1, 0.15) is 5.75 Å². The van der Waals surface area contributed by atoms with Gasteiger partial charge in [0.25, 0.3) is 0 Å². The summed E-state index contributed by atoms with van der Waals surface area (Å²) in [6.07, 6.45) is 1.63. The van der Waals surface area contributed by atoms with Gasteiger partial charge in [0.15, 0.2) is 0 Å². The quantitative estimate of drug-likeness (QED) is 0.755. The highest BCUT2D eigenvalue weighted by atomic mass is 16.3. The molecule has 1 aliphatic rings. The number of hydrogen-bond acceptors (Lipinski definition) is 2. The molecule has 0 aromatic heterocycles. The largest absolute Gasteiger partial charge is 0.508 e. The van der Waals surface area contributed by atoms with Crippen LogP contribution in [0.2, 0.25) is 0 Å². The molecule has 0 heterocycles. The van der Waals surface area contributed by atoms with Crippen molar-refractivity contribution < 1.29 is 10.2 Å². The van der Waals surface area contributed by atoms with Gasteiger partial charge in [-0.3, -0.25) is 0 Å². The predicted molar refractivity (Wildman–Crippen MR) is 55.3 cm³/mol. The Labute approximate surface area is 84.2 Å². The first kappa shape index (κ1) is 9.53. The Balaban J connectivity index is 2.42. The van der Waals surface area contributed by atoms with Crippen LogP contribution in [-0.2, 0) is 5.60 Å². The average Bonchev–Trinajstić information content (AvgIpc) is 2.84. The molecule has 0 spiro atoms. The van der Waals surface area contributed by atoms with E-state index in [0.717, 1.165) is 24.0 Å². The van der Waals surface area contributed by atoms with Crippen molar-refractivity contribution in [1.82, 2.24) is 0 Å². The van der Waals surface area contributed by atoms with E-state index in [9.17, 15) is 10.2 Å². The van der Waals surface area contributed by atoms with Crippen LogP contribution in [0.15, 0.2) is 18.2 Å². The number of phenols is 1. The third kappa shape index (κ3) is 1.62. The summed E-state index contributed by atoms with van der Waals surface area (Å²) in [6.45, 7) is 4.16. The molecule has 0 aliphatic heterocycles. The second kappa shape index (κ2) is 2.99. The fourth-order valence-corrected chi connectivity index (χ4v) is 1.64. The van der Waals surface area contributed by atoms with Crippen molar-refractivity contribution in [2.75, 3.05) is 0 Å². The molecule has 2 heteroatoms. The van der Waals surface area contributed by atoms with Crippen LogP contribution in [0.4, 0.5) is 0 Å². The lowest BCUT2D eigenvalue weighted by Crippen LogP contribution is -2.05. The molecule has 1 aliphatic carbocycles. The van der Waals surface area contributed by atoms with E-state index in [2.05, 4.69) is 13.8 Å². The fraction of sp³-hybridized carbons (Fsp3) is 0.500. The molecule has 0 bridgehead atoms. The van der Waals surface area contributed by atoms with Crippen molar-refractivity contribution in [1.29, 1.82) is 0 Å². The Morgan fingerprint density at radius 2 is 1.86 bits per heavy atom. The number of rotatable bonds is 2. The summed E-state index contributed by atoms with van der Waals surface area (Å²) in [6, 6.07) is 5.43. The van der Waals surface area contributed by atoms with Crippen molar-refractivity contribution in [2.45, 2.75) is 38.2 Å². The SMILES string of the molecule is CC(C)c1cc(O)cc(C2(O)CC2)c1. The molecule has 2 N–H and O–H groups in total. The molecule has 0 unspecified atom stereocenters. The van der Waals surface area contributed by atoms with E-state index in [1.54, 1.807) is 12.1 Å². The summed E-state index contributed by atoms with van der Waals surface area (Å²) in [7, 11) is 0. The third-order valence-electron chi connectivity index (χ3n) is 2.87. The van der Waals surface area contributed by atoms with E-state index in [1.165, 1.54) is 0 Å². The zero-order chi connectivity index (χ0) is 10.3. The highest BCUT2D eigenvalue weighted by Crippen LogP contribution is 2.46. The molecule has 1 fully saturated rings. The van der Waals surface area contributed by atoms with Crippen LogP contribution in [0.3, 0.4) is 0 Å². The number of aromatic hydroxyl groups is 1. The number of aliphatic hydroxyl groups is 1. The zero-order valence-electron chi connectivity index (χ0n) is 8.62. The average molecular weight is 192 g/mol. The first-order valence-electron chi connectivity index (χ1n) is 5.08. The zero-order valence-corrected chi connectivity index (χ0v) is 8.62. The minimum atomic E-state index is -0.650. The maximum Gasteiger partial charge on any atom is 0.116 e. The van der Waals surface area contributed by atoms with Crippen molar-refractivity contribution in [3.8, 4) is 5.75 Å². The standard InChI is InChI=1S/C12H16O2/c1-8(2)9-5-10(7-11(13)6-9)12(14)3-4-12/h5-8,13-14H,3-4H2,1-2H3. The molecule has 1 saturated carbocycles. The van der Waals surface area contributed by atoms with E-state index in [0.29, 0.717) is 5.92 Å². The third-order valence-corrected chi connectivity index (χ3v) is 2.87. The molecule has 0 atom stereocenters. The van der Waals surface area contributed by atoms with E-state index >= 15 is 0 Å². The van der Waals surface area contributed by atoms with Gasteiger partial charge < -0.3 is 10.2 Å². The van der Waals surface area contributed by atoms with E-state index in [1.807, 2.05) is 6.07 Å². The van der Waals surface area contributed by atoms with Gasteiger partial charge in [-0.15, -0.1) is 0 Å². The van der Waals surface area contributed by atoms with Gasteiger partial charge in [-0.05, 0) is 42.0 Å². The van der Waals surface area contributed by atoms with E-state index in [-0.39, 0.29) is 5.75 Å². The summed E-state index contributed by atoms with van der Waals surface area (Å²) in [5.41, 5.74) is 1.30. The molecule has 1 aromatic carbocycles. The maximum absolute atomic E-state index is 9.92. The second-order valence-electron chi connectivity index (χ2n) is 4.50. The predicted octanol–water partition coefficient (Wildman–Crippen LogP) is 2.50. The van der Waals surface area contributed by atoms with Crippen molar-refractivity contribution in [2.24, 2.45) is 0 Å². The fourth-order valence-electron chi connectivity index (χ4n) is 1.64. The van der Waals surface area contributed by atoms with Crippen molar-refractivity contribution >= 4 is 0 Å². The maximum atomic E-state index is 9.92. The summed E-state index contributed by atoms with van der Waals surface area (Å²) in [5, 5.41) is 19.4. The molecular weight excluding hydrogens is 176 g/mol. The highest BCUT2D eigenvalue weighted by molar-refractivity contribution is 5.39. The highest BCUT2D eigenvalue weighted by Gasteiger charge is 2.42. The molecule has 2 rings (SSSR count). The van der Waals surface area contributed by atoms with Crippen LogP contribution >= 0.6 is 0 Å². The molecule has 0 radical (unpaired) electrons. The molecule has 1 aromatic rings. The summed E-state index contributed by atoms with van der Waals surface area (Å²) >= 11 is 0. The van der Waals surface area contributed by atoms with Crippen molar-refractivity contribution in [3.05, 3.63) is 29.3 Å². The lowest BCUT2D eigenvalue weighted by Gasteiger charge is -2.13. The lowest BCUT2D eigenvalue weighted by molar-refractivity contribution is 0.151. The second-order valence-corrected chi connectivity index (χ2v) is 4.50. The Morgan fingerprint density at radius 1 is 1.21 bits per heavy atom. The van der Waals surface area contributed by atoms with Crippen LogP contribution in [0.25, 0.3) is 0 Å². The first-order valence-corrected chi connectivity index (χ1v) is 5.08. The van der Waals surface area contributed by atoms with Crippen LogP contribution in [0.1, 0.15) is 43.7 Å². The summed E-state index contributed by atoms with van der Waals surface area (Å²) < 4.78 is 0. The van der Waals surface area contributed by atoms with E-state index in [4.69, 9.17) is 0 Å². The Morgan fingerprint density at radius 3 is 2.36 bits per heavy atom. The van der Waals surface area contributed by atoms with E-state index < -0.39 is 5.60 Å². The Hall–Kier alpha value is -1.02. The van der Waals surface area contributed by atoms with Gasteiger partial charge in [0, 0.05) is 0 Å². The monoisotopic (exact) mass is 192 g/mol. The Bertz CT molecular complexity index is 351. The molecular formula is C12H16O2. The normalized spacial score (nSPS) is 18.6. The molecule has 0 saturated heterocycles. The minimum absolute atomic E-state index is 0.256. The van der Waals surface area contributed by atoms with Gasteiger partial charge in [-0.2, -0.15) is 0 Å². The number of benzene rings is 1. The molecule has 0 amide bonds. The lowest BCUT2D eigenvalue weighted by atomic mass is 9.97. The van der Waals surface area contributed by atoms with Gasteiger partial charge in [-0.25, -0.2) is 0 Å². The van der Waals surface area contributed by atoms with Gasteiger partial charge in [-0.1, -0.05) is 19.9 Å². The van der Waals surface area contributed by atoms with Gasteiger partial charge in [0.2, 0.25) is 0 Å². The summed E-state index contributed by atoms with van der Waals surface area (Å²) in [4.78, 5) is 0. The summed E-state index contributed by atoms with van der Waals surface area (Å²) in [5.74, 6) is 0.634. The van der Waals surface area contributed by atoms with Crippen LogP contribution < -0.4 is 0 Å². The van der Waals surface area contributed by atoms with Crippen LogP contribution in [-0.4, -0.2) is 10.2 Å². The number of hydrogen-bond donors (Lipinski definition) is 2. The van der Waals surface area contributed by atoms with Gasteiger partial charge >= 0.3 is 0 Å². The Kier molecular flexibility index (Phi) is 2.04. The smallest absolute Gasteiger partial charge is 0.116 e. The van der Waals surface area contributed by atoms with Gasteiger partial charge in [0.05, 0.1) is 5.60 Å². The number of phenolic OH excluding ortho intramolecular Hbond substituents is 1. The minimum Gasteiger partial charge on any atom is -0.508 e.